The summed E-state index contributed by atoms with van der Waals surface area (Å²) in [5.74, 6) is -0.613. The number of amides is 1. The summed E-state index contributed by atoms with van der Waals surface area (Å²) in [6, 6.07) is -0.974. The van der Waals surface area contributed by atoms with E-state index >= 15 is 0 Å². The Morgan fingerprint density at radius 3 is 1.42 bits per heavy atom. The van der Waals surface area contributed by atoms with Crippen LogP contribution in [0.4, 0.5) is 0 Å². The molecule has 10 heteroatoms. The van der Waals surface area contributed by atoms with Gasteiger partial charge in [0.25, 0.3) is 0 Å². The van der Waals surface area contributed by atoms with Crippen molar-refractivity contribution in [3.63, 3.8) is 0 Å². The first-order valence-corrected chi connectivity index (χ1v) is 24.0. The van der Waals surface area contributed by atoms with Crippen molar-refractivity contribution in [3.05, 3.63) is 12.2 Å². The fourth-order valence-corrected chi connectivity index (χ4v) is 7.75. The predicted molar refractivity (Wildman–Crippen MR) is 232 cm³/mol. The van der Waals surface area contributed by atoms with Gasteiger partial charge in [0, 0.05) is 0 Å². The number of hydrogen-bond donors (Lipinski definition) is 7. The second kappa shape index (κ2) is 37.9. The second-order valence-corrected chi connectivity index (χ2v) is 17.1. The molecule has 1 heterocycles. The van der Waals surface area contributed by atoms with Crippen molar-refractivity contribution < 1.29 is 44.9 Å². The quantitative estimate of drug-likeness (QED) is 0.0236. The number of hydrogen-bond acceptors (Lipinski definition) is 9. The zero-order valence-electron chi connectivity index (χ0n) is 36.7. The minimum absolute atomic E-state index is 0.301. The molecule has 1 aliphatic rings. The Kier molecular flexibility index (Phi) is 35.8. The third-order valence-corrected chi connectivity index (χ3v) is 11.7. The molecular weight excluding hydrogens is 723 g/mol. The predicted octanol–water partition coefficient (Wildman–Crippen LogP) is 9.09. The summed E-state index contributed by atoms with van der Waals surface area (Å²) in [7, 11) is 0. The molecule has 0 bridgehead atoms. The molecule has 1 saturated heterocycles. The van der Waals surface area contributed by atoms with Crippen LogP contribution in [0.3, 0.4) is 0 Å². The number of rotatable bonds is 40. The Balaban J connectivity index is 2.38. The van der Waals surface area contributed by atoms with Crippen molar-refractivity contribution in [1.82, 2.24) is 5.32 Å². The molecule has 0 spiro atoms. The SMILES string of the molecule is CCCCCCCCCCCCCC/C=C/C(O)C(COC1OC(CO)C(O)C(O)C1O)NC(=O)C(O)CCCCCCCCCCCCCCCCCCCC. The largest absolute Gasteiger partial charge is 0.394 e. The van der Waals surface area contributed by atoms with Crippen LogP contribution in [0.25, 0.3) is 0 Å². The normalized spacial score (nSPS) is 21.6. The van der Waals surface area contributed by atoms with Crippen LogP contribution in [0, 0.1) is 0 Å². The highest BCUT2D eigenvalue weighted by atomic mass is 16.7. The van der Waals surface area contributed by atoms with E-state index in [2.05, 4.69) is 19.2 Å². The summed E-state index contributed by atoms with van der Waals surface area (Å²) in [5.41, 5.74) is 0. The van der Waals surface area contributed by atoms with E-state index in [1.807, 2.05) is 6.08 Å². The summed E-state index contributed by atoms with van der Waals surface area (Å²) in [6.07, 6.45) is 32.9. The van der Waals surface area contributed by atoms with E-state index in [1.165, 1.54) is 154 Å². The summed E-state index contributed by atoms with van der Waals surface area (Å²) in [5, 5.41) is 64.7. The van der Waals surface area contributed by atoms with Crippen LogP contribution in [0.2, 0.25) is 0 Å². The highest BCUT2D eigenvalue weighted by Crippen LogP contribution is 2.23. The summed E-state index contributed by atoms with van der Waals surface area (Å²) in [6.45, 7) is 3.62. The molecule has 0 aliphatic carbocycles. The van der Waals surface area contributed by atoms with Crippen LogP contribution in [0.5, 0.6) is 0 Å². The van der Waals surface area contributed by atoms with Crippen molar-refractivity contribution in [3.8, 4) is 0 Å². The van der Waals surface area contributed by atoms with Crippen LogP contribution in [-0.4, -0.2) is 98.7 Å². The number of aliphatic hydroxyl groups excluding tert-OH is 6. The molecule has 0 aromatic heterocycles. The Bertz CT molecular complexity index is 921. The monoisotopic (exact) mass is 814 g/mol. The zero-order valence-corrected chi connectivity index (χ0v) is 36.7. The van der Waals surface area contributed by atoms with Crippen LogP contribution < -0.4 is 5.32 Å². The molecular formula is C47H91NO9. The molecule has 0 saturated carbocycles. The Morgan fingerprint density at radius 2 is 1.00 bits per heavy atom. The second-order valence-electron chi connectivity index (χ2n) is 17.1. The maximum absolute atomic E-state index is 13.0. The molecule has 338 valence electrons. The van der Waals surface area contributed by atoms with E-state index in [-0.39, 0.29) is 6.61 Å². The first-order valence-electron chi connectivity index (χ1n) is 24.0. The van der Waals surface area contributed by atoms with E-state index in [1.54, 1.807) is 6.08 Å². The van der Waals surface area contributed by atoms with Gasteiger partial charge in [-0.05, 0) is 19.3 Å². The zero-order chi connectivity index (χ0) is 41.8. The molecule has 10 nitrogen and oxygen atoms in total. The first-order chi connectivity index (χ1) is 27.8. The van der Waals surface area contributed by atoms with Gasteiger partial charge in [0.15, 0.2) is 6.29 Å². The molecule has 8 atom stereocenters. The number of carbonyl (C=O) groups is 1. The molecule has 57 heavy (non-hydrogen) atoms. The van der Waals surface area contributed by atoms with Gasteiger partial charge in [-0.3, -0.25) is 4.79 Å². The van der Waals surface area contributed by atoms with Crippen molar-refractivity contribution in [1.29, 1.82) is 0 Å². The lowest BCUT2D eigenvalue weighted by atomic mass is 9.99. The third kappa shape index (κ3) is 28.1. The van der Waals surface area contributed by atoms with Crippen LogP contribution in [0.1, 0.15) is 219 Å². The highest BCUT2D eigenvalue weighted by Gasteiger charge is 2.44. The minimum Gasteiger partial charge on any atom is -0.394 e. The molecule has 1 aliphatic heterocycles. The molecule has 7 N–H and O–H groups in total. The maximum Gasteiger partial charge on any atom is 0.249 e. The van der Waals surface area contributed by atoms with E-state index in [0.717, 1.165) is 44.9 Å². The van der Waals surface area contributed by atoms with Gasteiger partial charge in [0.05, 0.1) is 25.4 Å². The molecule has 0 radical (unpaired) electrons. The highest BCUT2D eigenvalue weighted by molar-refractivity contribution is 5.80. The number of unbranched alkanes of at least 4 members (excludes halogenated alkanes) is 29. The smallest absolute Gasteiger partial charge is 0.249 e. The Labute approximate surface area is 349 Å². The molecule has 1 amide bonds. The fourth-order valence-electron chi connectivity index (χ4n) is 7.75. The van der Waals surface area contributed by atoms with Crippen molar-refractivity contribution >= 4 is 5.91 Å². The van der Waals surface area contributed by atoms with Crippen LogP contribution >= 0.6 is 0 Å². The lowest BCUT2D eigenvalue weighted by molar-refractivity contribution is -0.302. The lowest BCUT2D eigenvalue weighted by Gasteiger charge is -2.40. The average Bonchev–Trinajstić information content (AvgIpc) is 3.21. The third-order valence-electron chi connectivity index (χ3n) is 11.7. The van der Waals surface area contributed by atoms with Gasteiger partial charge >= 0.3 is 0 Å². The van der Waals surface area contributed by atoms with Crippen LogP contribution in [0.15, 0.2) is 12.2 Å². The molecule has 8 unspecified atom stereocenters. The molecule has 1 fully saturated rings. The summed E-state index contributed by atoms with van der Waals surface area (Å²) >= 11 is 0. The van der Waals surface area contributed by atoms with Gasteiger partial charge in [-0.25, -0.2) is 0 Å². The standard InChI is InChI=1S/C47H91NO9/c1-3-5-7-9-11-13-15-17-19-20-21-22-24-26-28-30-32-34-36-41(51)46(55)48-39(38-56-47-45(54)44(53)43(52)42(37-49)57-47)40(50)35-33-31-29-27-25-23-18-16-14-12-10-8-6-4-2/h33,35,39-45,47,49-54H,3-32,34,36-38H2,1-2H3,(H,48,55)/b35-33+. The number of nitrogens with one attached hydrogen (secondary N) is 1. The number of aliphatic hydroxyl groups is 6. The number of allylic oxidation sites excluding steroid dienone is 1. The summed E-state index contributed by atoms with van der Waals surface area (Å²) in [4.78, 5) is 13.0. The van der Waals surface area contributed by atoms with E-state index in [9.17, 15) is 35.4 Å². The summed E-state index contributed by atoms with van der Waals surface area (Å²) < 4.78 is 11.1. The maximum atomic E-state index is 13.0. The van der Waals surface area contributed by atoms with Gasteiger partial charge in [-0.1, -0.05) is 212 Å². The van der Waals surface area contributed by atoms with E-state index in [4.69, 9.17) is 9.47 Å². The Morgan fingerprint density at radius 1 is 0.596 bits per heavy atom. The van der Waals surface area contributed by atoms with Crippen molar-refractivity contribution in [2.75, 3.05) is 13.2 Å². The molecule has 0 aromatic carbocycles. The van der Waals surface area contributed by atoms with Crippen molar-refractivity contribution in [2.24, 2.45) is 0 Å². The first kappa shape index (κ1) is 53.9. The number of carbonyl (C=O) groups excluding carboxylic acids is 1. The van der Waals surface area contributed by atoms with E-state index in [0.29, 0.717) is 6.42 Å². The van der Waals surface area contributed by atoms with Gasteiger partial charge in [-0.15, -0.1) is 0 Å². The number of ether oxygens (including phenoxy) is 2. The minimum atomic E-state index is -1.61. The van der Waals surface area contributed by atoms with Gasteiger partial charge in [0.2, 0.25) is 5.91 Å². The van der Waals surface area contributed by atoms with Crippen molar-refractivity contribution in [2.45, 2.75) is 268 Å². The van der Waals surface area contributed by atoms with Gasteiger partial charge in [0.1, 0.15) is 30.5 Å². The van der Waals surface area contributed by atoms with Gasteiger partial charge in [-0.2, -0.15) is 0 Å². The Hall–Kier alpha value is -1.11. The molecule has 1 rings (SSSR count). The molecule has 0 aromatic rings. The lowest BCUT2D eigenvalue weighted by Crippen LogP contribution is -2.60. The van der Waals surface area contributed by atoms with Gasteiger partial charge < -0.3 is 45.4 Å². The average molecular weight is 814 g/mol. The topological polar surface area (TPSA) is 169 Å². The van der Waals surface area contributed by atoms with Crippen LogP contribution in [-0.2, 0) is 14.3 Å². The van der Waals surface area contributed by atoms with E-state index < -0.39 is 61.5 Å². The fraction of sp³-hybridized carbons (Fsp3) is 0.936.